The maximum atomic E-state index is 14.6. The van der Waals surface area contributed by atoms with E-state index in [9.17, 15) is 32.9 Å². The SMILES string of the molecule is [2H]C([2H])(OP(=O)(O)OP(=O)(O)OP(=O)(O)O)[C@@H]1O[C@H](n2cc(C)c(=O)[nH]c2=S)[C@H](F)C1O. The summed E-state index contributed by atoms with van der Waals surface area (Å²) in [6, 6.07) is 0. The Morgan fingerprint density at radius 3 is 2.47 bits per heavy atom. The van der Waals surface area contributed by atoms with Gasteiger partial charge in [-0.15, -0.1) is 0 Å². The van der Waals surface area contributed by atoms with E-state index in [1.54, 1.807) is 0 Å². The van der Waals surface area contributed by atoms with Gasteiger partial charge in [-0.2, -0.15) is 8.62 Å². The van der Waals surface area contributed by atoms with Gasteiger partial charge >= 0.3 is 23.5 Å². The maximum absolute atomic E-state index is 14.6. The molecule has 1 fully saturated rings. The van der Waals surface area contributed by atoms with Crippen LogP contribution in [-0.4, -0.2) is 59.2 Å². The Bertz CT molecular complexity index is 1140. The fourth-order valence-electron chi connectivity index (χ4n) is 2.15. The molecule has 30 heavy (non-hydrogen) atoms. The van der Waals surface area contributed by atoms with Crippen LogP contribution >= 0.6 is 35.7 Å². The molecule has 2 rings (SSSR count). The third kappa shape index (κ3) is 6.68. The van der Waals surface area contributed by atoms with Gasteiger partial charge in [-0.3, -0.25) is 18.9 Å². The summed E-state index contributed by atoms with van der Waals surface area (Å²) >= 11 is 4.86. The van der Waals surface area contributed by atoms with Gasteiger partial charge in [0.25, 0.3) is 5.56 Å². The first-order valence-corrected chi connectivity index (χ1v) is 12.3. The fraction of sp³-hybridized carbons (Fsp3) is 0.600. The molecule has 1 aliphatic heterocycles. The molecule has 0 aromatic carbocycles. The van der Waals surface area contributed by atoms with Crippen LogP contribution in [0.5, 0.6) is 0 Å². The number of H-pyrrole nitrogens is 1. The number of phosphoric acid groups is 3. The van der Waals surface area contributed by atoms with Crippen LogP contribution in [0.3, 0.4) is 0 Å². The molecule has 0 bridgehead atoms. The first kappa shape index (κ1) is 22.6. The lowest BCUT2D eigenvalue weighted by Gasteiger charge is -2.19. The molecule has 0 radical (unpaired) electrons. The number of aliphatic hydroxyl groups is 1. The van der Waals surface area contributed by atoms with E-state index >= 15 is 0 Å². The van der Waals surface area contributed by atoms with Gasteiger partial charge in [0, 0.05) is 11.8 Å². The first-order chi connectivity index (χ1) is 14.2. The van der Waals surface area contributed by atoms with Crippen molar-refractivity contribution in [2.45, 2.75) is 31.5 Å². The number of halogens is 1. The summed E-state index contributed by atoms with van der Waals surface area (Å²) in [5.74, 6) is 0. The quantitative estimate of drug-likeness (QED) is 0.199. The van der Waals surface area contributed by atoms with Crippen LogP contribution in [0.15, 0.2) is 11.0 Å². The highest BCUT2D eigenvalue weighted by atomic mass is 32.1. The molecule has 1 aliphatic rings. The molecule has 1 saturated heterocycles. The zero-order valence-corrected chi connectivity index (χ0v) is 18.0. The van der Waals surface area contributed by atoms with Crippen LogP contribution in [0, 0.1) is 11.7 Å². The largest absolute Gasteiger partial charge is 0.490 e. The first-order valence-electron chi connectivity index (χ1n) is 8.39. The summed E-state index contributed by atoms with van der Waals surface area (Å²) in [5.41, 5.74) is -0.566. The van der Waals surface area contributed by atoms with Crippen molar-refractivity contribution in [1.82, 2.24) is 9.55 Å². The molecule has 6 N–H and O–H groups in total. The predicted octanol–water partition coefficient (Wildman–Crippen LogP) is 0.154. The highest BCUT2D eigenvalue weighted by Gasteiger charge is 2.47. The monoisotopic (exact) mass is 518 g/mol. The lowest BCUT2D eigenvalue weighted by atomic mass is 10.1. The predicted molar refractivity (Wildman–Crippen MR) is 95.3 cm³/mol. The number of ether oxygens (including phenoxy) is 1. The Kier molecular flexibility index (Phi) is 6.82. The lowest BCUT2D eigenvalue weighted by molar-refractivity contribution is -0.0475. The number of hydrogen-bond donors (Lipinski definition) is 6. The number of nitrogens with zero attached hydrogens (tertiary/aromatic N) is 1. The summed E-state index contributed by atoms with van der Waals surface area (Å²) in [6.45, 7) is -2.26. The van der Waals surface area contributed by atoms with Crippen molar-refractivity contribution in [2.24, 2.45) is 0 Å². The number of phosphoric ester groups is 1. The van der Waals surface area contributed by atoms with E-state index in [0.29, 0.717) is 0 Å². The summed E-state index contributed by atoms with van der Waals surface area (Å²) in [5, 5.41) is 10.0. The fourth-order valence-corrected chi connectivity index (χ4v) is 5.27. The molecule has 6 atom stereocenters. The molecule has 20 heteroatoms. The number of aromatic amines is 1. The van der Waals surface area contributed by atoms with Crippen molar-refractivity contribution >= 4 is 35.7 Å². The van der Waals surface area contributed by atoms with Crippen LogP contribution in [0.2, 0.25) is 0 Å². The zero-order chi connectivity index (χ0) is 24.9. The van der Waals surface area contributed by atoms with E-state index in [0.717, 1.165) is 10.8 Å². The molecular weight excluding hydrogens is 500 g/mol. The minimum Gasteiger partial charge on any atom is -0.387 e. The van der Waals surface area contributed by atoms with Crippen molar-refractivity contribution < 1.29 is 63.4 Å². The van der Waals surface area contributed by atoms with Crippen molar-refractivity contribution in [3.8, 4) is 0 Å². The molecule has 172 valence electrons. The Morgan fingerprint density at radius 2 is 1.90 bits per heavy atom. The van der Waals surface area contributed by atoms with Crippen molar-refractivity contribution in [1.29, 1.82) is 0 Å². The van der Waals surface area contributed by atoms with E-state index in [1.165, 1.54) is 6.92 Å². The van der Waals surface area contributed by atoms with Crippen LogP contribution in [0.25, 0.3) is 0 Å². The number of aryl methyl sites for hydroxylation is 1. The molecule has 2 heterocycles. The van der Waals surface area contributed by atoms with Gasteiger partial charge in [-0.1, -0.05) is 0 Å². The number of hydrogen-bond acceptors (Lipinski definition) is 10. The van der Waals surface area contributed by atoms with Crippen LogP contribution in [-0.2, 0) is 31.6 Å². The number of rotatable bonds is 8. The lowest BCUT2D eigenvalue weighted by Crippen LogP contribution is -2.31. The molecule has 1 aromatic heterocycles. The molecule has 0 saturated carbocycles. The van der Waals surface area contributed by atoms with E-state index in [1.807, 2.05) is 0 Å². The van der Waals surface area contributed by atoms with Gasteiger partial charge in [-0.25, -0.2) is 18.1 Å². The molecule has 0 amide bonds. The van der Waals surface area contributed by atoms with Gasteiger partial charge < -0.3 is 29.4 Å². The minimum absolute atomic E-state index is 0.0450. The Hall–Kier alpha value is -0.640. The third-order valence-corrected chi connectivity index (χ3v) is 7.29. The van der Waals surface area contributed by atoms with E-state index in [4.69, 9.17) is 34.4 Å². The molecule has 1 aromatic rings. The Morgan fingerprint density at radius 1 is 1.30 bits per heavy atom. The van der Waals surface area contributed by atoms with Crippen LogP contribution < -0.4 is 5.56 Å². The minimum atomic E-state index is -5.98. The second-order valence-electron chi connectivity index (χ2n) is 5.66. The normalized spacial score (nSPS) is 30.2. The van der Waals surface area contributed by atoms with Crippen molar-refractivity contribution in [3.05, 3.63) is 26.9 Å². The topological polar surface area (TPSA) is 227 Å². The summed E-state index contributed by atoms with van der Waals surface area (Å²) in [7, 11) is -17.6. The van der Waals surface area contributed by atoms with Gasteiger partial charge in [0.05, 0.1) is 9.30 Å². The molecule has 0 aliphatic carbocycles. The maximum Gasteiger partial charge on any atom is 0.490 e. The van der Waals surface area contributed by atoms with Crippen LogP contribution in [0.1, 0.15) is 14.5 Å². The van der Waals surface area contributed by atoms with E-state index < -0.39 is 60.2 Å². The number of aliphatic hydroxyl groups excluding tert-OH is 1. The van der Waals surface area contributed by atoms with Crippen molar-refractivity contribution in [2.75, 3.05) is 6.56 Å². The molecule has 15 nitrogen and oxygen atoms in total. The number of aromatic nitrogens is 2. The second kappa shape index (κ2) is 9.08. The molecule has 0 spiro atoms. The Balaban J connectivity index is 2.27. The molecule has 3 unspecified atom stereocenters. The summed E-state index contributed by atoms with van der Waals surface area (Å²) in [4.78, 5) is 49.3. The Labute approximate surface area is 174 Å². The van der Waals surface area contributed by atoms with Gasteiger partial charge in [-0.05, 0) is 19.1 Å². The smallest absolute Gasteiger partial charge is 0.387 e. The summed E-state index contributed by atoms with van der Waals surface area (Å²) in [6.07, 6.45) is -7.90. The van der Waals surface area contributed by atoms with Crippen LogP contribution in [0.4, 0.5) is 4.39 Å². The highest BCUT2D eigenvalue weighted by Crippen LogP contribution is 2.66. The third-order valence-electron chi connectivity index (χ3n) is 3.32. The second-order valence-corrected chi connectivity index (χ2v) is 10.4. The van der Waals surface area contributed by atoms with E-state index in [2.05, 4.69) is 18.1 Å². The van der Waals surface area contributed by atoms with Gasteiger partial charge in [0.15, 0.2) is 17.2 Å². The number of alkyl halides is 1. The van der Waals surface area contributed by atoms with Crippen molar-refractivity contribution in [3.63, 3.8) is 0 Å². The summed E-state index contributed by atoms with van der Waals surface area (Å²) < 4.78 is 80.3. The highest BCUT2D eigenvalue weighted by molar-refractivity contribution is 7.71. The van der Waals surface area contributed by atoms with Gasteiger partial charge in [0.2, 0.25) is 0 Å². The average Bonchev–Trinajstić information content (AvgIpc) is 2.82. The molecular formula is C10H16FN2O13P3S. The number of nitrogens with one attached hydrogen (secondary N) is 1. The van der Waals surface area contributed by atoms with Gasteiger partial charge in [0.1, 0.15) is 12.2 Å². The standard InChI is InChI=1S/C10H16FN2O13P3S/c1-4-2-13(10(30)12-8(4)15)9-6(11)7(14)5(24-9)3-23-28(19,20)26-29(21,22)25-27(16,17)18/h2,5-7,9,14H,3H2,1H3,(H,19,20)(H,21,22)(H,12,15,30)(H2,16,17,18)/t5-,6+,7?,9-/m0/s1/i3D2. The zero-order valence-electron chi connectivity index (χ0n) is 16.5. The average molecular weight is 518 g/mol. The van der Waals surface area contributed by atoms with E-state index in [-0.39, 0.29) is 10.3 Å².